The van der Waals surface area contributed by atoms with Crippen LogP contribution < -0.4 is 9.80 Å². The first-order valence-electron chi connectivity index (χ1n) is 6.02. The molecule has 1 unspecified atom stereocenters. The van der Waals surface area contributed by atoms with Gasteiger partial charge in [0.1, 0.15) is 0 Å². The Labute approximate surface area is 125 Å². The van der Waals surface area contributed by atoms with Gasteiger partial charge in [-0.3, -0.25) is 0 Å². The van der Waals surface area contributed by atoms with E-state index in [2.05, 4.69) is 25.4 Å². The van der Waals surface area contributed by atoms with Crippen LogP contribution in [0.3, 0.4) is 0 Å². The van der Waals surface area contributed by atoms with Crippen LogP contribution in [0, 0.1) is 0 Å². The van der Waals surface area contributed by atoms with Crippen molar-refractivity contribution in [1.29, 1.82) is 0 Å². The topological polar surface area (TPSA) is 93.8 Å². The van der Waals surface area contributed by atoms with Gasteiger partial charge < -0.3 is 0 Å². The van der Waals surface area contributed by atoms with E-state index in [1.54, 1.807) is 13.2 Å². The summed E-state index contributed by atoms with van der Waals surface area (Å²) >= 11 is 1.23. The quantitative estimate of drug-likeness (QED) is 0.739. The summed E-state index contributed by atoms with van der Waals surface area (Å²) in [6.07, 6.45) is 1.54. The van der Waals surface area contributed by atoms with Crippen molar-refractivity contribution < 1.29 is 9.32 Å². The number of amides is 1. The Morgan fingerprint density at radius 1 is 1.35 bits per heavy atom. The Balaban J connectivity index is 2.43. The van der Waals surface area contributed by atoms with Gasteiger partial charge in [0, 0.05) is 0 Å². The van der Waals surface area contributed by atoms with Crippen molar-refractivity contribution >= 4 is 27.2 Å². The van der Waals surface area contributed by atoms with E-state index < -0.39 is 0 Å². The van der Waals surface area contributed by atoms with Crippen LogP contribution in [0.5, 0.6) is 0 Å². The summed E-state index contributed by atoms with van der Waals surface area (Å²) in [4.78, 5) is 24.5. The number of carbonyl (C=O) groups excluding carboxylic acids is 1. The van der Waals surface area contributed by atoms with Crippen LogP contribution in [0.4, 0.5) is 0 Å². The van der Waals surface area contributed by atoms with Gasteiger partial charge in [0.2, 0.25) is 0 Å². The molecule has 1 atom stereocenters. The Bertz CT molecular complexity index is 648. The molecule has 0 saturated heterocycles. The summed E-state index contributed by atoms with van der Waals surface area (Å²) in [6, 6.07) is 0. The molecular weight excluding hydrogens is 321 g/mol. The van der Waals surface area contributed by atoms with E-state index in [4.69, 9.17) is 4.52 Å². The van der Waals surface area contributed by atoms with Crippen molar-refractivity contribution in [2.45, 2.75) is 26.2 Å². The zero-order valence-electron chi connectivity index (χ0n) is 11.8. The molecule has 0 radical (unpaired) electrons. The second-order valence-corrected chi connectivity index (χ2v) is 6.39. The van der Waals surface area contributed by atoms with Gasteiger partial charge in [0.15, 0.2) is 0 Å². The summed E-state index contributed by atoms with van der Waals surface area (Å²) in [5, 5.41) is 6.43. The van der Waals surface area contributed by atoms with E-state index in [1.807, 2.05) is 20.8 Å². The summed E-state index contributed by atoms with van der Waals surface area (Å²) in [5.41, 5.74) is 0.465. The molecule has 0 aliphatic rings. The van der Waals surface area contributed by atoms with Crippen LogP contribution in [-0.2, 0) is 5.41 Å². The number of nitrogens with zero attached hydrogens (tertiary/aromatic N) is 4. The maximum absolute atomic E-state index is 11.7. The van der Waals surface area contributed by atoms with Crippen molar-refractivity contribution in [2.24, 2.45) is 0 Å². The first-order chi connectivity index (χ1) is 9.32. The zero-order valence-corrected chi connectivity index (χ0v) is 14.2. The van der Waals surface area contributed by atoms with Gasteiger partial charge in [-0.05, 0) is 0 Å². The number of hydrogen-bond acceptors (Lipinski definition) is 6. The molecule has 0 bridgehead atoms. The fourth-order valence-electron chi connectivity index (χ4n) is 1.42. The summed E-state index contributed by atoms with van der Waals surface area (Å²) in [5.74, 6) is 0.568. The first-order valence-corrected chi connectivity index (χ1v) is 7.23. The van der Waals surface area contributed by atoms with Crippen LogP contribution in [0.2, 0.25) is 0 Å². The van der Waals surface area contributed by atoms with Crippen LogP contribution in [0.25, 0.3) is 11.5 Å². The van der Waals surface area contributed by atoms with Crippen LogP contribution in [0.15, 0.2) is 10.7 Å². The van der Waals surface area contributed by atoms with E-state index in [0.29, 0.717) is 21.9 Å². The number of hydrogen-bond donors (Lipinski definition) is 1. The van der Waals surface area contributed by atoms with Crippen LogP contribution in [-0.4, -0.2) is 49.9 Å². The Hall–Kier alpha value is -1.75. The summed E-state index contributed by atoms with van der Waals surface area (Å²) < 4.78 is 5.83. The maximum atomic E-state index is 11.7. The molecule has 2 heterocycles. The Morgan fingerprint density at radius 3 is 2.60 bits per heavy atom. The zero-order chi connectivity index (χ0) is 14.9. The number of nitrogens with one attached hydrogen (secondary N) is 1. The minimum absolute atomic E-state index is 0.240. The van der Waals surface area contributed by atoms with E-state index in [0.717, 1.165) is 0 Å². The van der Waals surface area contributed by atoms with E-state index in [1.165, 1.54) is 16.9 Å². The molecule has 0 aliphatic carbocycles. The van der Waals surface area contributed by atoms with Crippen molar-refractivity contribution in [3.05, 3.63) is 17.8 Å². The van der Waals surface area contributed by atoms with Gasteiger partial charge in [-0.2, -0.15) is 0 Å². The average molecular weight is 337 g/mol. The second kappa shape index (κ2) is 5.32. The molecule has 2 aromatic heterocycles. The van der Waals surface area contributed by atoms with Crippen molar-refractivity contribution in [1.82, 2.24) is 25.4 Å². The second-order valence-electron chi connectivity index (χ2n) is 5.24. The van der Waals surface area contributed by atoms with Crippen molar-refractivity contribution in [3.8, 4) is 11.5 Å². The third kappa shape index (κ3) is 2.88. The normalized spacial score (nSPS) is 11.4. The molecule has 0 aromatic carbocycles. The van der Waals surface area contributed by atoms with Crippen molar-refractivity contribution in [3.63, 3.8) is 0 Å². The molecule has 20 heavy (non-hydrogen) atoms. The molecule has 1 amide bonds. The third-order valence-corrected chi connectivity index (χ3v) is 3.43. The molecule has 2 aromatic rings. The van der Waals surface area contributed by atoms with E-state index in [9.17, 15) is 4.79 Å². The molecule has 0 spiro atoms. The SMILES string of the molecule is CNC(=O)c1nc(-c2noc(C(C)(C)C)n2)cnc1[AsH2]. The molecular formula is C12H16AsN5O2. The van der Waals surface area contributed by atoms with Gasteiger partial charge in [0.05, 0.1) is 0 Å². The van der Waals surface area contributed by atoms with Gasteiger partial charge >= 0.3 is 125 Å². The Kier molecular flexibility index (Phi) is 3.90. The predicted molar refractivity (Wildman–Crippen MR) is 75.6 cm³/mol. The molecule has 8 heteroatoms. The standard InChI is InChI=1S/C12H16AsN5O2/c1-12(2,3)11-17-9(18-20-11)6-5-15-8(13)7(16-6)10(19)14-4/h5H,13H2,1-4H3,(H,14,19). The molecule has 0 fully saturated rings. The molecule has 2 rings (SSSR count). The first kappa shape index (κ1) is 14.7. The molecule has 1 N–H and O–H groups in total. The number of carbonyl (C=O) groups is 1. The summed E-state index contributed by atoms with van der Waals surface area (Å²) in [7, 11) is 1.55. The third-order valence-electron chi connectivity index (χ3n) is 2.54. The van der Waals surface area contributed by atoms with E-state index >= 15 is 0 Å². The molecule has 7 nitrogen and oxygen atoms in total. The number of aromatic nitrogens is 4. The van der Waals surface area contributed by atoms with Crippen LogP contribution >= 0.6 is 0 Å². The average Bonchev–Trinajstić information content (AvgIpc) is 2.88. The minimum atomic E-state index is -0.279. The van der Waals surface area contributed by atoms with E-state index in [-0.39, 0.29) is 17.0 Å². The summed E-state index contributed by atoms with van der Waals surface area (Å²) in [6.45, 7) is 5.93. The fourth-order valence-corrected chi connectivity index (χ4v) is 1.99. The molecule has 106 valence electrons. The Morgan fingerprint density at radius 2 is 2.05 bits per heavy atom. The van der Waals surface area contributed by atoms with Gasteiger partial charge in [-0.1, -0.05) is 0 Å². The monoisotopic (exact) mass is 337 g/mol. The molecule has 0 aliphatic heterocycles. The number of rotatable bonds is 2. The molecule has 0 saturated carbocycles. The van der Waals surface area contributed by atoms with Crippen molar-refractivity contribution in [2.75, 3.05) is 7.05 Å². The fraction of sp³-hybridized carbons (Fsp3) is 0.417. The van der Waals surface area contributed by atoms with Gasteiger partial charge in [-0.25, -0.2) is 0 Å². The van der Waals surface area contributed by atoms with Gasteiger partial charge in [-0.15, -0.1) is 0 Å². The van der Waals surface area contributed by atoms with Gasteiger partial charge in [0.25, 0.3) is 0 Å². The van der Waals surface area contributed by atoms with Crippen LogP contribution in [0.1, 0.15) is 37.2 Å². The predicted octanol–water partition coefficient (Wildman–Crippen LogP) is -0.558.